The molecule has 2 atom stereocenters. The van der Waals surface area contributed by atoms with E-state index in [9.17, 15) is 19.7 Å². The Morgan fingerprint density at radius 1 is 1.27 bits per heavy atom. The third-order valence-corrected chi connectivity index (χ3v) is 7.60. The Labute approximate surface area is 183 Å². The smallest absolute Gasteiger partial charge is 0.306 e. The van der Waals surface area contributed by atoms with E-state index >= 15 is 0 Å². The number of nitro benzene ring substituents is 1. The number of nitrogens with zero attached hydrogens (tertiary/aromatic N) is 1. The number of nitrogens with one attached hydrogen (secondary N) is 1. The van der Waals surface area contributed by atoms with Crippen molar-refractivity contribution in [2.75, 3.05) is 19.0 Å². The van der Waals surface area contributed by atoms with E-state index < -0.39 is 17.4 Å². The van der Waals surface area contributed by atoms with E-state index in [-0.39, 0.29) is 27.1 Å². The van der Waals surface area contributed by atoms with Crippen LogP contribution in [0.3, 0.4) is 0 Å². The van der Waals surface area contributed by atoms with E-state index in [2.05, 4.69) is 21.2 Å². The molecule has 162 valence electrons. The number of carbonyl (C=O) groups excluding carboxylic acids is 2. The summed E-state index contributed by atoms with van der Waals surface area (Å²) in [6.45, 7) is -0.468. The van der Waals surface area contributed by atoms with E-state index in [1.807, 2.05) is 0 Å². The molecule has 4 fully saturated rings. The molecule has 0 heterocycles. The van der Waals surface area contributed by atoms with Crippen LogP contribution in [0.5, 0.6) is 5.75 Å². The zero-order valence-corrected chi connectivity index (χ0v) is 18.4. The zero-order chi connectivity index (χ0) is 21.5. The van der Waals surface area contributed by atoms with Gasteiger partial charge in [-0.1, -0.05) is 15.9 Å². The number of ether oxygens (including phenoxy) is 2. The van der Waals surface area contributed by atoms with Gasteiger partial charge >= 0.3 is 5.97 Å². The number of benzene rings is 1. The number of nitro groups is 1. The van der Waals surface area contributed by atoms with Crippen molar-refractivity contribution in [3.8, 4) is 5.75 Å². The third-order valence-electron chi connectivity index (χ3n) is 6.67. The molecule has 0 aromatic heterocycles. The van der Waals surface area contributed by atoms with Crippen LogP contribution in [-0.2, 0) is 14.3 Å². The summed E-state index contributed by atoms with van der Waals surface area (Å²) in [5.41, 5.74) is -0.287. The largest absolute Gasteiger partial charge is 0.496 e. The lowest BCUT2D eigenvalue weighted by molar-refractivity contribution is -0.384. The number of carbonyl (C=O) groups is 2. The maximum absolute atomic E-state index is 12.5. The summed E-state index contributed by atoms with van der Waals surface area (Å²) in [6.07, 6.45) is 7.03. The number of esters is 1. The van der Waals surface area contributed by atoms with Gasteiger partial charge in [-0.2, -0.15) is 0 Å². The van der Waals surface area contributed by atoms with Crippen molar-refractivity contribution >= 4 is 39.2 Å². The van der Waals surface area contributed by atoms with Gasteiger partial charge < -0.3 is 14.8 Å². The summed E-state index contributed by atoms with van der Waals surface area (Å²) in [5.74, 6) is 0.646. The van der Waals surface area contributed by atoms with Gasteiger partial charge in [-0.05, 0) is 67.9 Å². The molecule has 30 heavy (non-hydrogen) atoms. The van der Waals surface area contributed by atoms with Gasteiger partial charge in [0, 0.05) is 4.32 Å². The van der Waals surface area contributed by atoms with Crippen molar-refractivity contribution < 1.29 is 24.0 Å². The normalized spacial score (nSPS) is 31.3. The highest BCUT2D eigenvalue weighted by Gasteiger charge is 2.57. The predicted octanol–water partition coefficient (Wildman–Crippen LogP) is 4.21. The second kappa shape index (κ2) is 7.83. The number of hydrogen-bond acceptors (Lipinski definition) is 6. The summed E-state index contributed by atoms with van der Waals surface area (Å²) in [6, 6.07) is 4.13. The van der Waals surface area contributed by atoms with Crippen LogP contribution in [0.2, 0.25) is 0 Å². The standard InChI is InChI=1S/C21H25BrN2O6/c1-29-15-2-3-16(17(5-15)24(27)28)23-18(25)11-30-19(26)10-20-6-13-4-14(7-20)9-21(22,8-13)12-20/h2-3,5,13-14H,4,6-12H2,1H3,(H,23,25). The first-order valence-electron chi connectivity index (χ1n) is 10.2. The molecule has 9 heteroatoms. The minimum absolute atomic E-state index is 0.0316. The molecule has 0 spiro atoms. The van der Waals surface area contributed by atoms with Crippen LogP contribution in [-0.4, -0.2) is 34.8 Å². The number of methoxy groups -OCH3 is 1. The summed E-state index contributed by atoms with van der Waals surface area (Å²) >= 11 is 3.93. The molecule has 2 unspecified atom stereocenters. The number of anilines is 1. The summed E-state index contributed by atoms with van der Waals surface area (Å²) in [5, 5.41) is 13.7. The number of alkyl halides is 1. The Morgan fingerprint density at radius 3 is 2.57 bits per heavy atom. The van der Waals surface area contributed by atoms with Gasteiger partial charge in [-0.3, -0.25) is 19.7 Å². The highest BCUT2D eigenvalue weighted by molar-refractivity contribution is 9.10. The molecule has 5 rings (SSSR count). The van der Waals surface area contributed by atoms with Gasteiger partial charge in [-0.25, -0.2) is 0 Å². The lowest BCUT2D eigenvalue weighted by Crippen LogP contribution is -2.53. The van der Waals surface area contributed by atoms with Crippen LogP contribution in [0.1, 0.15) is 44.9 Å². The van der Waals surface area contributed by atoms with E-state index in [1.54, 1.807) is 0 Å². The Balaban J connectivity index is 1.33. The fraction of sp³-hybridized carbons (Fsp3) is 0.619. The van der Waals surface area contributed by atoms with Crippen LogP contribution in [0.4, 0.5) is 11.4 Å². The van der Waals surface area contributed by atoms with Gasteiger partial charge in [0.05, 0.1) is 24.5 Å². The number of rotatable bonds is 7. The zero-order valence-electron chi connectivity index (χ0n) is 16.8. The molecule has 4 saturated carbocycles. The maximum Gasteiger partial charge on any atom is 0.306 e. The quantitative estimate of drug-likeness (QED) is 0.271. The van der Waals surface area contributed by atoms with Crippen molar-refractivity contribution in [1.29, 1.82) is 0 Å². The van der Waals surface area contributed by atoms with Gasteiger partial charge in [0.1, 0.15) is 11.4 Å². The first-order chi connectivity index (χ1) is 14.2. The second-order valence-electron chi connectivity index (χ2n) is 9.14. The molecule has 4 bridgehead atoms. The van der Waals surface area contributed by atoms with Crippen molar-refractivity contribution in [1.82, 2.24) is 0 Å². The van der Waals surface area contributed by atoms with Gasteiger partial charge in [-0.15, -0.1) is 0 Å². The van der Waals surface area contributed by atoms with E-state index in [1.165, 1.54) is 44.6 Å². The topological polar surface area (TPSA) is 108 Å². The van der Waals surface area contributed by atoms with Crippen LogP contribution < -0.4 is 10.1 Å². The van der Waals surface area contributed by atoms with Crippen molar-refractivity contribution in [3.63, 3.8) is 0 Å². The molecule has 1 aromatic carbocycles. The molecule has 0 aliphatic heterocycles. The molecule has 1 aromatic rings. The van der Waals surface area contributed by atoms with E-state index in [4.69, 9.17) is 9.47 Å². The Hall–Kier alpha value is -2.16. The molecular formula is C21H25BrN2O6. The second-order valence-corrected chi connectivity index (χ2v) is 10.8. The molecule has 1 N–H and O–H groups in total. The highest BCUT2D eigenvalue weighted by atomic mass is 79.9. The maximum atomic E-state index is 12.5. The molecule has 4 aliphatic rings. The van der Waals surface area contributed by atoms with Crippen LogP contribution >= 0.6 is 15.9 Å². The summed E-state index contributed by atoms with van der Waals surface area (Å²) < 4.78 is 10.4. The highest BCUT2D eigenvalue weighted by Crippen LogP contribution is 2.65. The molecule has 4 aliphatic carbocycles. The van der Waals surface area contributed by atoms with Crippen LogP contribution in [0, 0.1) is 27.4 Å². The molecule has 0 radical (unpaired) electrons. The lowest BCUT2D eigenvalue weighted by atomic mass is 9.49. The predicted molar refractivity (Wildman–Crippen MR) is 113 cm³/mol. The van der Waals surface area contributed by atoms with Crippen LogP contribution in [0.15, 0.2) is 18.2 Å². The number of halogens is 1. The first-order valence-corrected chi connectivity index (χ1v) is 11.0. The molecule has 0 saturated heterocycles. The minimum atomic E-state index is -0.612. The summed E-state index contributed by atoms with van der Waals surface area (Å²) in [7, 11) is 1.40. The fourth-order valence-corrected chi connectivity index (χ4v) is 7.64. The monoisotopic (exact) mass is 480 g/mol. The fourth-order valence-electron chi connectivity index (χ4n) is 6.13. The lowest BCUT2D eigenvalue weighted by Gasteiger charge is -2.60. The third kappa shape index (κ3) is 4.31. The van der Waals surface area contributed by atoms with Crippen molar-refractivity contribution in [2.45, 2.75) is 49.3 Å². The van der Waals surface area contributed by atoms with Gasteiger partial charge in [0.2, 0.25) is 0 Å². The molecule has 1 amide bonds. The molecule has 8 nitrogen and oxygen atoms in total. The van der Waals surface area contributed by atoms with E-state index in [0.29, 0.717) is 24.0 Å². The first kappa shape index (κ1) is 21.1. The average molecular weight is 481 g/mol. The molecular weight excluding hydrogens is 456 g/mol. The number of amides is 1. The minimum Gasteiger partial charge on any atom is -0.496 e. The Kier molecular flexibility index (Phi) is 5.50. The van der Waals surface area contributed by atoms with E-state index in [0.717, 1.165) is 19.3 Å². The average Bonchev–Trinajstić information content (AvgIpc) is 2.64. The Bertz CT molecular complexity index is 874. The Morgan fingerprint density at radius 2 is 1.97 bits per heavy atom. The van der Waals surface area contributed by atoms with Crippen molar-refractivity contribution in [3.05, 3.63) is 28.3 Å². The van der Waals surface area contributed by atoms with Crippen LogP contribution in [0.25, 0.3) is 0 Å². The van der Waals surface area contributed by atoms with Gasteiger partial charge in [0.25, 0.3) is 11.6 Å². The SMILES string of the molecule is COc1ccc(NC(=O)COC(=O)CC23CC4CC(CC(Br)(C4)C2)C3)c([N+](=O)[O-])c1. The summed E-state index contributed by atoms with van der Waals surface area (Å²) in [4.78, 5) is 35.3. The van der Waals surface area contributed by atoms with Gasteiger partial charge in [0.15, 0.2) is 6.61 Å². The number of hydrogen-bond donors (Lipinski definition) is 1. The van der Waals surface area contributed by atoms with Crippen molar-refractivity contribution in [2.24, 2.45) is 17.3 Å².